The van der Waals surface area contributed by atoms with Crippen LogP contribution in [0.25, 0.3) is 0 Å². The largest absolute Gasteiger partial charge is 0.348 e. The molecule has 1 unspecified atom stereocenters. The van der Waals surface area contributed by atoms with Crippen LogP contribution in [-0.2, 0) is 4.79 Å². The fraction of sp³-hybridized carbons (Fsp3) is 0.556. The molecule has 0 amide bonds. The van der Waals surface area contributed by atoms with Crippen LogP contribution in [0.5, 0.6) is 0 Å². The fourth-order valence-electron chi connectivity index (χ4n) is 1.27. The summed E-state index contributed by atoms with van der Waals surface area (Å²) in [5, 5.41) is 0.0958. The highest BCUT2D eigenvalue weighted by Crippen LogP contribution is 2.25. The molecule has 0 saturated heterocycles. The van der Waals surface area contributed by atoms with Gasteiger partial charge < -0.3 is 4.90 Å². The molecule has 1 aliphatic rings. The zero-order valence-corrected chi connectivity index (χ0v) is 8.90. The van der Waals surface area contributed by atoms with Gasteiger partial charge in [0, 0.05) is 13.1 Å². The van der Waals surface area contributed by atoms with E-state index in [0.29, 0.717) is 13.1 Å². The molecule has 0 aliphatic carbocycles. The van der Waals surface area contributed by atoms with E-state index in [1.165, 1.54) is 0 Å². The molecule has 0 aromatic heterocycles. The SMILES string of the molecule is CC1(Cl)CC=CCN(C(Cl)=C=O)C1. The fourth-order valence-corrected chi connectivity index (χ4v) is 1.63. The van der Waals surface area contributed by atoms with Gasteiger partial charge in [-0.15, -0.1) is 11.6 Å². The molecule has 0 spiro atoms. The van der Waals surface area contributed by atoms with Crippen molar-refractivity contribution < 1.29 is 4.79 Å². The zero-order valence-electron chi connectivity index (χ0n) is 7.39. The van der Waals surface area contributed by atoms with E-state index in [-0.39, 0.29) is 10.0 Å². The molecule has 2 nitrogen and oxygen atoms in total. The predicted octanol–water partition coefficient (Wildman–Crippen LogP) is 2.16. The Morgan fingerprint density at radius 1 is 1.62 bits per heavy atom. The lowest BCUT2D eigenvalue weighted by Gasteiger charge is -2.27. The Bertz CT molecular complexity index is 267. The van der Waals surface area contributed by atoms with Crippen molar-refractivity contribution in [3.05, 3.63) is 17.3 Å². The predicted molar refractivity (Wildman–Crippen MR) is 54.6 cm³/mol. The van der Waals surface area contributed by atoms with Gasteiger partial charge >= 0.3 is 0 Å². The molecule has 1 rings (SSSR count). The van der Waals surface area contributed by atoms with Gasteiger partial charge in [-0.1, -0.05) is 23.8 Å². The number of nitrogens with zero attached hydrogens (tertiary/aromatic N) is 1. The lowest BCUT2D eigenvalue weighted by Crippen LogP contribution is -2.34. The Balaban J connectivity index is 2.78. The summed E-state index contributed by atoms with van der Waals surface area (Å²) in [7, 11) is 0. The van der Waals surface area contributed by atoms with E-state index in [1.807, 2.05) is 19.1 Å². The molecule has 0 bridgehead atoms. The summed E-state index contributed by atoms with van der Waals surface area (Å²) in [6.07, 6.45) is 4.74. The van der Waals surface area contributed by atoms with Crippen molar-refractivity contribution in [2.75, 3.05) is 13.1 Å². The van der Waals surface area contributed by atoms with Crippen molar-refractivity contribution >= 4 is 29.1 Å². The smallest absolute Gasteiger partial charge is 0.190 e. The number of allylic oxidation sites excluding steroid dienone is 1. The second-order valence-corrected chi connectivity index (χ2v) is 4.63. The van der Waals surface area contributed by atoms with Crippen molar-refractivity contribution in [2.45, 2.75) is 18.2 Å². The summed E-state index contributed by atoms with van der Waals surface area (Å²) in [5.41, 5.74) is 0. The van der Waals surface area contributed by atoms with Crippen LogP contribution >= 0.6 is 23.2 Å². The van der Waals surface area contributed by atoms with Crippen LogP contribution in [0.3, 0.4) is 0 Å². The van der Waals surface area contributed by atoms with E-state index in [2.05, 4.69) is 0 Å². The summed E-state index contributed by atoms with van der Waals surface area (Å²) in [6, 6.07) is 0. The molecule has 0 aromatic carbocycles. The van der Waals surface area contributed by atoms with Gasteiger partial charge in [0.1, 0.15) is 0 Å². The topological polar surface area (TPSA) is 20.3 Å². The number of hydrogen-bond acceptors (Lipinski definition) is 2. The minimum atomic E-state index is -0.357. The van der Waals surface area contributed by atoms with Crippen LogP contribution in [0, 0.1) is 0 Å². The van der Waals surface area contributed by atoms with Gasteiger partial charge in [-0.25, -0.2) is 4.79 Å². The Morgan fingerprint density at radius 2 is 2.31 bits per heavy atom. The molecule has 4 heteroatoms. The summed E-state index contributed by atoms with van der Waals surface area (Å²) < 4.78 is 0. The van der Waals surface area contributed by atoms with E-state index in [4.69, 9.17) is 23.2 Å². The number of halogens is 2. The average molecular weight is 220 g/mol. The van der Waals surface area contributed by atoms with Crippen LogP contribution in [-0.4, -0.2) is 28.8 Å². The van der Waals surface area contributed by atoms with Gasteiger partial charge in [0.15, 0.2) is 11.1 Å². The maximum Gasteiger partial charge on any atom is 0.190 e. The van der Waals surface area contributed by atoms with Crippen molar-refractivity contribution in [1.82, 2.24) is 4.90 Å². The molecule has 1 heterocycles. The molecule has 0 saturated carbocycles. The summed E-state index contributed by atoms with van der Waals surface area (Å²) in [4.78, 5) is 11.7. The summed E-state index contributed by atoms with van der Waals surface area (Å²) >= 11 is 11.8. The number of alkyl halides is 1. The maximum absolute atomic E-state index is 10.3. The van der Waals surface area contributed by atoms with Gasteiger partial charge in [-0.3, -0.25) is 0 Å². The molecule has 0 N–H and O–H groups in total. The monoisotopic (exact) mass is 219 g/mol. The molecule has 1 aliphatic heterocycles. The molecule has 72 valence electrons. The molecular formula is C9H11Cl2NO. The van der Waals surface area contributed by atoms with Crippen molar-refractivity contribution in [2.24, 2.45) is 0 Å². The van der Waals surface area contributed by atoms with Gasteiger partial charge in [-0.2, -0.15) is 0 Å². The highest BCUT2D eigenvalue weighted by molar-refractivity contribution is 6.32. The van der Waals surface area contributed by atoms with Crippen LogP contribution in [0.4, 0.5) is 0 Å². The van der Waals surface area contributed by atoms with Crippen LogP contribution in [0.1, 0.15) is 13.3 Å². The van der Waals surface area contributed by atoms with Gasteiger partial charge in [-0.05, 0) is 13.3 Å². The second-order valence-electron chi connectivity index (χ2n) is 3.36. The lowest BCUT2D eigenvalue weighted by molar-refractivity contribution is 0.365. The Kier molecular flexibility index (Phi) is 3.43. The molecule has 0 fully saturated rings. The maximum atomic E-state index is 10.3. The normalized spacial score (nSPS) is 28.1. The van der Waals surface area contributed by atoms with Gasteiger partial charge in [0.2, 0.25) is 0 Å². The molecular weight excluding hydrogens is 209 g/mol. The third-order valence-corrected chi connectivity index (χ3v) is 2.51. The minimum Gasteiger partial charge on any atom is -0.348 e. The minimum absolute atomic E-state index is 0.0958. The lowest BCUT2D eigenvalue weighted by atomic mass is 10.1. The first kappa shape index (κ1) is 10.6. The highest BCUT2D eigenvalue weighted by atomic mass is 35.5. The van der Waals surface area contributed by atoms with Crippen molar-refractivity contribution in [3.63, 3.8) is 0 Å². The van der Waals surface area contributed by atoms with Gasteiger partial charge in [0.25, 0.3) is 0 Å². The summed E-state index contributed by atoms with van der Waals surface area (Å²) in [5.74, 6) is 1.67. The van der Waals surface area contributed by atoms with E-state index in [1.54, 1.807) is 10.8 Å². The average Bonchev–Trinajstić information content (AvgIpc) is 2.25. The molecule has 13 heavy (non-hydrogen) atoms. The quantitative estimate of drug-likeness (QED) is 0.292. The standard InChI is InChI=1S/C9H11Cl2NO/c1-9(11)4-2-3-5-12(7-9)8(10)6-13/h2-3H,4-5,7H2,1H3. The van der Waals surface area contributed by atoms with Crippen LogP contribution in [0.15, 0.2) is 17.3 Å². The number of carbonyl (C=O) groups excluding carboxylic acids is 1. The Morgan fingerprint density at radius 3 is 2.92 bits per heavy atom. The van der Waals surface area contributed by atoms with E-state index in [9.17, 15) is 4.79 Å². The van der Waals surface area contributed by atoms with Crippen molar-refractivity contribution in [1.29, 1.82) is 0 Å². The Hall–Kier alpha value is -0.430. The first-order chi connectivity index (χ1) is 6.05. The summed E-state index contributed by atoms with van der Waals surface area (Å²) in [6.45, 7) is 3.11. The van der Waals surface area contributed by atoms with Gasteiger partial charge in [0.05, 0.1) is 4.87 Å². The second kappa shape index (κ2) is 4.19. The molecule has 0 radical (unpaired) electrons. The highest BCUT2D eigenvalue weighted by Gasteiger charge is 2.25. The Labute approximate surface area is 87.8 Å². The van der Waals surface area contributed by atoms with Crippen LogP contribution in [0.2, 0.25) is 0 Å². The van der Waals surface area contributed by atoms with E-state index >= 15 is 0 Å². The van der Waals surface area contributed by atoms with Crippen LogP contribution < -0.4 is 0 Å². The zero-order chi connectivity index (χ0) is 9.90. The van der Waals surface area contributed by atoms with E-state index in [0.717, 1.165) is 6.42 Å². The third kappa shape index (κ3) is 3.07. The number of rotatable bonds is 1. The number of hydrogen-bond donors (Lipinski definition) is 0. The molecule has 0 aromatic rings. The van der Waals surface area contributed by atoms with E-state index < -0.39 is 0 Å². The molecule has 1 atom stereocenters. The van der Waals surface area contributed by atoms with Crippen molar-refractivity contribution in [3.8, 4) is 0 Å². The first-order valence-corrected chi connectivity index (χ1v) is 4.80. The first-order valence-electron chi connectivity index (χ1n) is 4.05. The third-order valence-electron chi connectivity index (χ3n) is 1.92.